The van der Waals surface area contributed by atoms with Crippen molar-refractivity contribution >= 4 is 17.3 Å². The molecule has 0 spiro atoms. The van der Waals surface area contributed by atoms with Gasteiger partial charge in [0.25, 0.3) is 0 Å². The molecule has 0 saturated carbocycles. The van der Waals surface area contributed by atoms with E-state index in [1.54, 1.807) is 24.3 Å². The number of halogens is 3. The number of carbonyl (C=O) groups is 1. The van der Waals surface area contributed by atoms with E-state index in [1.807, 2.05) is 0 Å². The highest BCUT2D eigenvalue weighted by Crippen LogP contribution is 2.19. The van der Waals surface area contributed by atoms with E-state index in [9.17, 15) is 18.0 Å². The summed E-state index contributed by atoms with van der Waals surface area (Å²) in [5.41, 5.74) is 6.59. The lowest BCUT2D eigenvalue weighted by Gasteiger charge is -2.08. The van der Waals surface area contributed by atoms with Crippen molar-refractivity contribution in [3.63, 3.8) is 0 Å². The van der Waals surface area contributed by atoms with Gasteiger partial charge in [-0.1, -0.05) is 6.07 Å². The van der Waals surface area contributed by atoms with Crippen molar-refractivity contribution in [2.75, 3.05) is 24.3 Å². The van der Waals surface area contributed by atoms with Crippen molar-refractivity contribution in [2.24, 2.45) is 0 Å². The molecule has 0 saturated heterocycles. The lowest BCUT2D eigenvalue weighted by Crippen LogP contribution is -2.16. The zero-order valence-corrected chi connectivity index (χ0v) is 10.2. The minimum absolute atomic E-state index is 0.00729. The molecular formula is C12H15F3N2O2. The lowest BCUT2D eigenvalue weighted by atomic mass is 10.3. The highest BCUT2D eigenvalue weighted by Gasteiger charge is 2.26. The normalized spacial score (nSPS) is 11.3. The second-order valence-corrected chi connectivity index (χ2v) is 3.90. The summed E-state index contributed by atoms with van der Waals surface area (Å²) >= 11 is 0. The fourth-order valence-corrected chi connectivity index (χ4v) is 1.29. The molecule has 106 valence electrons. The summed E-state index contributed by atoms with van der Waals surface area (Å²) < 4.78 is 40.1. The number of carbonyl (C=O) groups excluding carboxylic acids is 1. The van der Waals surface area contributed by atoms with Gasteiger partial charge in [-0.3, -0.25) is 4.79 Å². The van der Waals surface area contributed by atoms with Crippen LogP contribution in [0.2, 0.25) is 0 Å². The molecule has 4 nitrogen and oxygen atoms in total. The van der Waals surface area contributed by atoms with Crippen molar-refractivity contribution in [1.29, 1.82) is 0 Å². The first-order valence-electron chi connectivity index (χ1n) is 5.67. The molecule has 1 amide bonds. The van der Waals surface area contributed by atoms with Crippen LogP contribution >= 0.6 is 0 Å². The molecule has 7 heteroatoms. The van der Waals surface area contributed by atoms with E-state index in [0.717, 1.165) is 0 Å². The van der Waals surface area contributed by atoms with Crippen molar-refractivity contribution in [2.45, 2.75) is 19.0 Å². The second kappa shape index (κ2) is 6.98. The quantitative estimate of drug-likeness (QED) is 0.620. The van der Waals surface area contributed by atoms with Gasteiger partial charge in [-0.15, -0.1) is 0 Å². The van der Waals surface area contributed by atoms with Gasteiger partial charge >= 0.3 is 6.18 Å². The number of hydrogen-bond donors (Lipinski definition) is 2. The van der Waals surface area contributed by atoms with E-state index in [2.05, 4.69) is 5.32 Å². The van der Waals surface area contributed by atoms with Crippen LogP contribution in [0.4, 0.5) is 24.5 Å². The summed E-state index contributed by atoms with van der Waals surface area (Å²) in [6.45, 7) is -0.487. The zero-order chi connectivity index (χ0) is 14.3. The third-order valence-corrected chi connectivity index (χ3v) is 2.17. The van der Waals surface area contributed by atoms with E-state index in [-0.39, 0.29) is 18.9 Å². The molecule has 0 aliphatic heterocycles. The molecule has 0 unspecified atom stereocenters. The molecule has 0 heterocycles. The van der Waals surface area contributed by atoms with E-state index < -0.39 is 19.2 Å². The van der Waals surface area contributed by atoms with Crippen molar-refractivity contribution in [3.8, 4) is 0 Å². The second-order valence-electron chi connectivity index (χ2n) is 3.90. The number of alkyl halides is 3. The standard InChI is InChI=1S/C12H15F3N2O2/c13-12(14,15)5-7-19-6-4-11(18)17-10-3-1-2-9(16)8-10/h1-3,8H,4-7,16H2,(H,17,18). The number of nitrogens with one attached hydrogen (secondary N) is 1. The first kappa shape index (κ1) is 15.3. The minimum Gasteiger partial charge on any atom is -0.399 e. The van der Waals surface area contributed by atoms with Gasteiger partial charge in [0.05, 0.1) is 26.1 Å². The largest absolute Gasteiger partial charge is 0.399 e. The van der Waals surface area contributed by atoms with Crippen LogP contribution in [0.3, 0.4) is 0 Å². The van der Waals surface area contributed by atoms with Crippen LogP contribution in [-0.2, 0) is 9.53 Å². The SMILES string of the molecule is Nc1cccc(NC(=O)CCOCCC(F)(F)F)c1. The van der Waals surface area contributed by atoms with Gasteiger partial charge in [-0.05, 0) is 18.2 Å². The predicted octanol–water partition coefficient (Wildman–Crippen LogP) is 2.57. The molecule has 0 radical (unpaired) electrons. The molecule has 0 aliphatic carbocycles. The number of rotatable bonds is 6. The van der Waals surface area contributed by atoms with Gasteiger partial charge in [-0.2, -0.15) is 13.2 Å². The van der Waals surface area contributed by atoms with Crippen molar-refractivity contribution in [1.82, 2.24) is 0 Å². The van der Waals surface area contributed by atoms with E-state index in [4.69, 9.17) is 10.5 Å². The van der Waals surface area contributed by atoms with Crippen LogP contribution in [0.15, 0.2) is 24.3 Å². The summed E-state index contributed by atoms with van der Waals surface area (Å²) in [6.07, 6.45) is -5.25. The maximum absolute atomic E-state index is 11.8. The average Bonchev–Trinajstić information content (AvgIpc) is 2.26. The molecular weight excluding hydrogens is 261 g/mol. The summed E-state index contributed by atoms with van der Waals surface area (Å²) in [7, 11) is 0. The summed E-state index contributed by atoms with van der Waals surface area (Å²) in [5.74, 6) is -0.336. The molecule has 0 aliphatic rings. The van der Waals surface area contributed by atoms with Gasteiger partial charge in [-0.25, -0.2) is 0 Å². The van der Waals surface area contributed by atoms with Crippen LogP contribution in [0.5, 0.6) is 0 Å². The summed E-state index contributed by atoms with van der Waals surface area (Å²) in [6, 6.07) is 6.61. The van der Waals surface area contributed by atoms with Crippen molar-refractivity contribution in [3.05, 3.63) is 24.3 Å². The molecule has 1 rings (SSSR count). The van der Waals surface area contributed by atoms with Crippen LogP contribution < -0.4 is 11.1 Å². The summed E-state index contributed by atoms with van der Waals surface area (Å²) in [5, 5.41) is 2.57. The van der Waals surface area contributed by atoms with Gasteiger partial charge in [0.15, 0.2) is 0 Å². The molecule has 0 bridgehead atoms. The van der Waals surface area contributed by atoms with Crippen LogP contribution in [0, 0.1) is 0 Å². The monoisotopic (exact) mass is 276 g/mol. The molecule has 0 aromatic heterocycles. The Morgan fingerprint density at radius 3 is 2.68 bits per heavy atom. The third-order valence-electron chi connectivity index (χ3n) is 2.17. The zero-order valence-electron chi connectivity index (χ0n) is 10.2. The van der Waals surface area contributed by atoms with Crippen LogP contribution in [-0.4, -0.2) is 25.3 Å². The van der Waals surface area contributed by atoms with Gasteiger partial charge < -0.3 is 15.8 Å². The molecule has 19 heavy (non-hydrogen) atoms. The van der Waals surface area contributed by atoms with Gasteiger partial charge in [0, 0.05) is 11.4 Å². The third kappa shape index (κ3) is 7.30. The Morgan fingerprint density at radius 1 is 1.32 bits per heavy atom. The van der Waals surface area contributed by atoms with Gasteiger partial charge in [0.2, 0.25) is 5.91 Å². The first-order valence-corrected chi connectivity index (χ1v) is 5.67. The number of ether oxygens (including phenoxy) is 1. The maximum atomic E-state index is 11.8. The summed E-state index contributed by atoms with van der Waals surface area (Å²) in [4.78, 5) is 11.4. The smallest absolute Gasteiger partial charge is 0.391 e. The number of anilines is 2. The number of nitrogen functional groups attached to an aromatic ring is 1. The van der Waals surface area contributed by atoms with E-state index in [1.165, 1.54) is 0 Å². The van der Waals surface area contributed by atoms with Crippen molar-refractivity contribution < 1.29 is 22.7 Å². The Hall–Kier alpha value is -1.76. The fraction of sp³-hybridized carbons (Fsp3) is 0.417. The van der Waals surface area contributed by atoms with E-state index in [0.29, 0.717) is 11.4 Å². The number of amides is 1. The topological polar surface area (TPSA) is 64.3 Å². The Balaban J connectivity index is 2.18. The molecule has 3 N–H and O–H groups in total. The van der Waals surface area contributed by atoms with Gasteiger partial charge in [0.1, 0.15) is 0 Å². The Bertz CT molecular complexity index is 422. The fourth-order valence-electron chi connectivity index (χ4n) is 1.29. The predicted molar refractivity (Wildman–Crippen MR) is 65.6 cm³/mol. The molecule has 1 aromatic carbocycles. The number of nitrogens with two attached hydrogens (primary N) is 1. The average molecular weight is 276 g/mol. The molecule has 0 fully saturated rings. The highest BCUT2D eigenvalue weighted by molar-refractivity contribution is 5.91. The van der Waals surface area contributed by atoms with Crippen LogP contribution in [0.25, 0.3) is 0 Å². The number of benzene rings is 1. The molecule has 1 aromatic rings. The highest BCUT2D eigenvalue weighted by atomic mass is 19.4. The van der Waals surface area contributed by atoms with Crippen LogP contribution in [0.1, 0.15) is 12.8 Å². The number of hydrogen-bond acceptors (Lipinski definition) is 3. The Morgan fingerprint density at radius 2 is 2.05 bits per heavy atom. The first-order chi connectivity index (χ1) is 8.87. The maximum Gasteiger partial charge on any atom is 0.391 e. The van der Waals surface area contributed by atoms with E-state index >= 15 is 0 Å². The lowest BCUT2D eigenvalue weighted by molar-refractivity contribution is -0.145. The Labute approximate surface area is 108 Å². The minimum atomic E-state index is -4.23. The molecule has 0 atom stereocenters. The Kier molecular flexibility index (Phi) is 5.62.